The Kier molecular flexibility index (Phi) is 6.75. The maximum atomic E-state index is 12.5. The maximum absolute atomic E-state index is 12.5. The summed E-state index contributed by atoms with van der Waals surface area (Å²) >= 11 is 0. The fraction of sp³-hybridized carbons (Fsp3) is 0.500. The Balaban J connectivity index is 0.00000400. The Bertz CT molecular complexity index is 634. The van der Waals surface area contributed by atoms with E-state index in [1.807, 2.05) is 0 Å². The minimum atomic E-state index is -3.95. The van der Waals surface area contributed by atoms with Gasteiger partial charge in [-0.05, 0) is 38.0 Å². The lowest BCUT2D eigenvalue weighted by Crippen LogP contribution is -2.39. The summed E-state index contributed by atoms with van der Waals surface area (Å²) in [6.45, 7) is 5.19. The van der Waals surface area contributed by atoms with Gasteiger partial charge in [-0.25, -0.2) is 8.42 Å². The number of sulfonamides is 1. The minimum absolute atomic E-state index is 0. The van der Waals surface area contributed by atoms with Gasteiger partial charge in [0.15, 0.2) is 4.90 Å². The summed E-state index contributed by atoms with van der Waals surface area (Å²) in [5, 5.41) is 11.1. The molecular weight excluding hydrogens is 318 g/mol. The topological polar surface area (TPSA) is 107 Å². The number of nitro benzene ring substituents is 1. The zero-order valence-electron chi connectivity index (χ0n) is 12.4. The summed E-state index contributed by atoms with van der Waals surface area (Å²) < 4.78 is 26.0. The highest BCUT2D eigenvalue weighted by Gasteiger charge is 2.32. The SMILES string of the molecule is Cc1cc([N+](=O)[O-])c(S(=O)(=O)N(C)C(C)CN)cc1C.Cl. The first-order valence-electron chi connectivity index (χ1n) is 6.06. The molecule has 0 aliphatic carbocycles. The van der Waals surface area contributed by atoms with Crippen LogP contribution in [-0.2, 0) is 10.0 Å². The molecule has 1 unspecified atom stereocenters. The molecule has 1 rings (SSSR count). The molecule has 2 N–H and O–H groups in total. The fourth-order valence-corrected chi connectivity index (χ4v) is 3.26. The van der Waals surface area contributed by atoms with E-state index in [-0.39, 0.29) is 23.8 Å². The van der Waals surface area contributed by atoms with Gasteiger partial charge in [-0.15, -0.1) is 12.4 Å². The van der Waals surface area contributed by atoms with Gasteiger partial charge >= 0.3 is 0 Å². The molecule has 1 aromatic carbocycles. The minimum Gasteiger partial charge on any atom is -0.329 e. The van der Waals surface area contributed by atoms with Crippen molar-refractivity contribution >= 4 is 28.1 Å². The summed E-state index contributed by atoms with van der Waals surface area (Å²) in [4.78, 5) is 10.1. The molecule has 120 valence electrons. The van der Waals surface area contributed by atoms with Crippen molar-refractivity contribution < 1.29 is 13.3 Å². The molecule has 0 saturated carbocycles. The largest absolute Gasteiger partial charge is 0.329 e. The van der Waals surface area contributed by atoms with E-state index in [9.17, 15) is 18.5 Å². The van der Waals surface area contributed by atoms with Gasteiger partial charge in [0, 0.05) is 25.7 Å². The van der Waals surface area contributed by atoms with Gasteiger partial charge in [0.2, 0.25) is 10.0 Å². The molecule has 0 saturated heterocycles. The van der Waals surface area contributed by atoms with Crippen LogP contribution in [0.3, 0.4) is 0 Å². The van der Waals surface area contributed by atoms with Crippen molar-refractivity contribution in [1.82, 2.24) is 4.31 Å². The van der Waals surface area contributed by atoms with Crippen molar-refractivity contribution in [1.29, 1.82) is 0 Å². The molecule has 0 amide bonds. The lowest BCUT2D eigenvalue weighted by molar-refractivity contribution is -0.387. The van der Waals surface area contributed by atoms with Crippen molar-refractivity contribution in [3.8, 4) is 0 Å². The Morgan fingerprint density at radius 3 is 2.24 bits per heavy atom. The summed E-state index contributed by atoms with van der Waals surface area (Å²) in [6, 6.07) is 2.17. The summed E-state index contributed by atoms with van der Waals surface area (Å²) in [5.74, 6) is 0. The Morgan fingerprint density at radius 1 is 1.33 bits per heavy atom. The van der Waals surface area contributed by atoms with Crippen LogP contribution < -0.4 is 5.73 Å². The highest BCUT2D eigenvalue weighted by Crippen LogP contribution is 2.29. The summed E-state index contributed by atoms with van der Waals surface area (Å²) in [6.07, 6.45) is 0. The second-order valence-electron chi connectivity index (χ2n) is 4.77. The summed E-state index contributed by atoms with van der Waals surface area (Å²) in [5.41, 5.74) is 6.40. The first-order chi connectivity index (χ1) is 9.12. The van der Waals surface area contributed by atoms with E-state index in [4.69, 9.17) is 5.73 Å². The average Bonchev–Trinajstić information content (AvgIpc) is 2.38. The molecule has 9 heteroatoms. The number of hydrogen-bond donors (Lipinski definition) is 1. The maximum Gasteiger partial charge on any atom is 0.289 e. The molecule has 1 atom stereocenters. The van der Waals surface area contributed by atoms with E-state index in [1.54, 1.807) is 20.8 Å². The summed E-state index contributed by atoms with van der Waals surface area (Å²) in [7, 11) is -2.59. The molecule has 0 bridgehead atoms. The van der Waals surface area contributed by atoms with Crippen molar-refractivity contribution in [2.75, 3.05) is 13.6 Å². The smallest absolute Gasteiger partial charge is 0.289 e. The van der Waals surface area contributed by atoms with E-state index < -0.39 is 26.7 Å². The van der Waals surface area contributed by atoms with Crippen molar-refractivity contribution in [3.05, 3.63) is 33.4 Å². The molecule has 0 aromatic heterocycles. The number of hydrogen-bond acceptors (Lipinski definition) is 5. The predicted octanol–water partition coefficient (Wildman–Crippen LogP) is 1.60. The first kappa shape index (κ1) is 19.8. The second kappa shape index (κ2) is 7.17. The Labute approximate surface area is 130 Å². The molecule has 0 aliphatic rings. The van der Waals surface area contributed by atoms with Crippen molar-refractivity contribution in [2.45, 2.75) is 31.7 Å². The lowest BCUT2D eigenvalue weighted by atomic mass is 10.1. The average molecular weight is 338 g/mol. The Morgan fingerprint density at radius 2 is 1.81 bits per heavy atom. The van der Waals surface area contributed by atoms with Gasteiger partial charge < -0.3 is 5.73 Å². The molecule has 0 fully saturated rings. The second-order valence-corrected chi connectivity index (χ2v) is 6.73. The highest BCUT2D eigenvalue weighted by atomic mass is 35.5. The number of rotatable bonds is 5. The Hall–Kier alpha value is -1.22. The molecule has 7 nitrogen and oxygen atoms in total. The van der Waals surface area contributed by atoms with Crippen LogP contribution in [0.5, 0.6) is 0 Å². The van der Waals surface area contributed by atoms with E-state index in [0.29, 0.717) is 11.1 Å². The van der Waals surface area contributed by atoms with Gasteiger partial charge in [0.05, 0.1) is 4.92 Å². The van der Waals surface area contributed by atoms with E-state index in [1.165, 1.54) is 19.2 Å². The van der Waals surface area contributed by atoms with Gasteiger partial charge in [-0.3, -0.25) is 10.1 Å². The molecule has 0 radical (unpaired) electrons. The monoisotopic (exact) mass is 337 g/mol. The third-order valence-corrected chi connectivity index (χ3v) is 5.39. The quantitative estimate of drug-likeness (QED) is 0.648. The molecule has 0 spiro atoms. The fourth-order valence-electron chi connectivity index (χ4n) is 1.66. The lowest BCUT2D eigenvalue weighted by Gasteiger charge is -2.23. The number of likely N-dealkylation sites (N-methyl/N-ethyl adjacent to an activating group) is 1. The van der Waals surface area contributed by atoms with Crippen LogP contribution >= 0.6 is 12.4 Å². The standard InChI is InChI=1S/C12H19N3O4S.ClH/c1-8-5-11(15(16)17)12(6-9(8)2)20(18,19)14(4)10(3)7-13;/h5-6,10H,7,13H2,1-4H3;1H. The number of benzene rings is 1. The number of halogens is 1. The van der Waals surface area contributed by atoms with Crippen LogP contribution in [0.2, 0.25) is 0 Å². The van der Waals surface area contributed by atoms with Crippen LogP contribution in [0.1, 0.15) is 18.1 Å². The van der Waals surface area contributed by atoms with Crippen LogP contribution in [0, 0.1) is 24.0 Å². The molecule has 0 heterocycles. The van der Waals surface area contributed by atoms with E-state index in [2.05, 4.69) is 0 Å². The van der Waals surface area contributed by atoms with Gasteiger partial charge in [-0.2, -0.15) is 4.31 Å². The molecule has 21 heavy (non-hydrogen) atoms. The van der Waals surface area contributed by atoms with Gasteiger partial charge in [0.25, 0.3) is 5.69 Å². The van der Waals surface area contributed by atoms with Crippen LogP contribution in [0.15, 0.2) is 17.0 Å². The molecule has 0 aliphatic heterocycles. The number of nitrogens with two attached hydrogens (primary N) is 1. The normalized spacial score (nSPS) is 12.9. The number of aryl methyl sites for hydroxylation is 2. The third kappa shape index (κ3) is 3.91. The van der Waals surface area contributed by atoms with E-state index in [0.717, 1.165) is 4.31 Å². The predicted molar refractivity (Wildman–Crippen MR) is 83.3 cm³/mol. The first-order valence-corrected chi connectivity index (χ1v) is 7.50. The van der Waals surface area contributed by atoms with E-state index >= 15 is 0 Å². The van der Waals surface area contributed by atoms with Crippen LogP contribution in [-0.4, -0.2) is 37.3 Å². The van der Waals surface area contributed by atoms with Gasteiger partial charge in [0.1, 0.15) is 0 Å². The van der Waals surface area contributed by atoms with Gasteiger partial charge in [-0.1, -0.05) is 0 Å². The zero-order valence-corrected chi connectivity index (χ0v) is 14.0. The molecule has 1 aromatic rings. The zero-order chi connectivity index (χ0) is 15.7. The van der Waals surface area contributed by atoms with Crippen LogP contribution in [0.25, 0.3) is 0 Å². The molecular formula is C12H20ClN3O4S. The number of nitro groups is 1. The van der Waals surface area contributed by atoms with Crippen LogP contribution in [0.4, 0.5) is 5.69 Å². The highest BCUT2D eigenvalue weighted by molar-refractivity contribution is 7.89. The van der Waals surface area contributed by atoms with Crippen molar-refractivity contribution in [2.24, 2.45) is 5.73 Å². The van der Waals surface area contributed by atoms with Crippen molar-refractivity contribution in [3.63, 3.8) is 0 Å². The number of nitrogens with zero attached hydrogens (tertiary/aromatic N) is 2. The third-order valence-electron chi connectivity index (χ3n) is 3.39.